The third kappa shape index (κ3) is 3.53. The molecule has 30 heavy (non-hydrogen) atoms. The Morgan fingerprint density at radius 3 is 2.50 bits per heavy atom. The molecule has 1 aliphatic rings. The van der Waals surface area contributed by atoms with Crippen LogP contribution in [0.2, 0.25) is 0 Å². The molecule has 0 bridgehead atoms. The summed E-state index contributed by atoms with van der Waals surface area (Å²) in [5, 5.41) is 11.0. The van der Waals surface area contributed by atoms with E-state index in [2.05, 4.69) is 9.97 Å². The number of ketones is 1. The molecule has 0 aliphatic carbocycles. The van der Waals surface area contributed by atoms with Crippen LogP contribution in [-0.4, -0.2) is 38.8 Å². The van der Waals surface area contributed by atoms with Gasteiger partial charge in [0.2, 0.25) is 0 Å². The average molecular weight is 401 g/mol. The molecule has 7 heteroatoms. The molecule has 0 spiro atoms. The number of Topliss-reactive ketones (excluding diaryl/α,β-unsaturated/α-hetero) is 1. The molecule has 3 aromatic rings. The zero-order valence-corrected chi connectivity index (χ0v) is 16.2. The largest absolute Gasteiger partial charge is 0.507 e. The number of hydrogen-bond donors (Lipinski definition) is 1. The molecular formula is C23H19N3O4. The predicted molar refractivity (Wildman–Crippen MR) is 109 cm³/mol. The second-order valence-electron chi connectivity index (χ2n) is 6.77. The number of aliphatic hydroxyl groups is 1. The number of nitrogens with zero attached hydrogens (tertiary/aromatic N) is 3. The van der Waals surface area contributed by atoms with E-state index < -0.39 is 17.7 Å². The van der Waals surface area contributed by atoms with Gasteiger partial charge in [-0.15, -0.1) is 0 Å². The van der Waals surface area contributed by atoms with E-state index in [9.17, 15) is 14.7 Å². The first-order chi connectivity index (χ1) is 14.6. The molecule has 0 saturated carbocycles. The molecule has 1 amide bonds. The number of amides is 1. The molecule has 1 N–H and O–H groups in total. The fourth-order valence-electron chi connectivity index (χ4n) is 3.48. The van der Waals surface area contributed by atoms with Crippen molar-refractivity contribution in [3.63, 3.8) is 0 Å². The third-order valence-corrected chi connectivity index (χ3v) is 4.95. The molecule has 1 aliphatic heterocycles. The highest BCUT2D eigenvalue weighted by Crippen LogP contribution is 2.39. The van der Waals surface area contributed by atoms with Crippen molar-refractivity contribution in [1.82, 2.24) is 14.9 Å². The molecule has 0 unspecified atom stereocenters. The summed E-state index contributed by atoms with van der Waals surface area (Å²) >= 11 is 0. The summed E-state index contributed by atoms with van der Waals surface area (Å²) in [6.45, 7) is 0.166. The van der Waals surface area contributed by atoms with Crippen LogP contribution < -0.4 is 4.74 Å². The predicted octanol–water partition coefficient (Wildman–Crippen LogP) is 3.11. The maximum absolute atomic E-state index is 13.0. The highest BCUT2D eigenvalue weighted by atomic mass is 16.5. The number of aromatic nitrogens is 2. The van der Waals surface area contributed by atoms with Crippen LogP contribution >= 0.6 is 0 Å². The Balaban J connectivity index is 1.83. The Morgan fingerprint density at radius 1 is 1.07 bits per heavy atom. The number of carbonyl (C=O) groups is 2. The van der Waals surface area contributed by atoms with Gasteiger partial charge in [-0.05, 0) is 48.0 Å². The molecule has 1 fully saturated rings. The van der Waals surface area contributed by atoms with Crippen LogP contribution in [-0.2, 0) is 16.1 Å². The number of methoxy groups -OCH3 is 1. The van der Waals surface area contributed by atoms with Gasteiger partial charge in [-0.1, -0.05) is 12.1 Å². The molecule has 0 radical (unpaired) electrons. The first-order valence-electron chi connectivity index (χ1n) is 9.33. The number of benzene rings is 1. The number of likely N-dealkylation sites (tertiary alicyclic amines) is 1. The highest BCUT2D eigenvalue weighted by molar-refractivity contribution is 6.46. The van der Waals surface area contributed by atoms with Crippen molar-refractivity contribution in [1.29, 1.82) is 0 Å². The van der Waals surface area contributed by atoms with Gasteiger partial charge in [0.1, 0.15) is 17.6 Å². The molecule has 7 nitrogen and oxygen atoms in total. The van der Waals surface area contributed by atoms with Crippen molar-refractivity contribution in [2.45, 2.75) is 12.6 Å². The number of carbonyl (C=O) groups excluding carboxylic acids is 2. The lowest BCUT2D eigenvalue weighted by molar-refractivity contribution is -0.140. The van der Waals surface area contributed by atoms with Crippen molar-refractivity contribution in [3.8, 4) is 5.75 Å². The fraction of sp³-hybridized carbons (Fsp3) is 0.130. The number of rotatable bonds is 5. The quantitative estimate of drug-likeness (QED) is 0.401. The maximum atomic E-state index is 13.0. The minimum absolute atomic E-state index is 0.00718. The van der Waals surface area contributed by atoms with Crippen LogP contribution in [0.4, 0.5) is 0 Å². The Bertz CT molecular complexity index is 1100. The first kappa shape index (κ1) is 19.3. The number of ether oxygens (including phenoxy) is 1. The highest BCUT2D eigenvalue weighted by Gasteiger charge is 2.46. The summed E-state index contributed by atoms with van der Waals surface area (Å²) in [5.41, 5.74) is 1.68. The zero-order chi connectivity index (χ0) is 21.1. The van der Waals surface area contributed by atoms with Gasteiger partial charge in [0.25, 0.3) is 11.7 Å². The van der Waals surface area contributed by atoms with Crippen LogP contribution in [0.3, 0.4) is 0 Å². The van der Waals surface area contributed by atoms with E-state index in [-0.39, 0.29) is 17.9 Å². The van der Waals surface area contributed by atoms with Gasteiger partial charge in [0.05, 0.1) is 18.4 Å². The molecule has 2 aromatic heterocycles. The smallest absolute Gasteiger partial charge is 0.296 e. The topological polar surface area (TPSA) is 92.6 Å². The van der Waals surface area contributed by atoms with Crippen molar-refractivity contribution in [2.24, 2.45) is 0 Å². The normalized spacial score (nSPS) is 17.9. The molecule has 1 atom stereocenters. The summed E-state index contributed by atoms with van der Waals surface area (Å²) in [6.07, 6.45) is 4.86. The van der Waals surface area contributed by atoms with Crippen molar-refractivity contribution >= 4 is 17.4 Å². The standard InChI is InChI=1S/C23H19N3O4/c1-30-17-9-7-16(8-10-17)21(27)19-20(18-6-2-3-12-25-18)26(23(29)22(19)28)14-15-5-4-11-24-13-15/h2-13,20,27H,14H2,1H3/t20-/m1/s1. The van der Waals surface area contributed by atoms with Crippen LogP contribution in [0, 0.1) is 0 Å². The Hall–Kier alpha value is -4.00. The lowest BCUT2D eigenvalue weighted by Crippen LogP contribution is -2.29. The zero-order valence-electron chi connectivity index (χ0n) is 16.2. The molecule has 1 aromatic carbocycles. The monoisotopic (exact) mass is 401 g/mol. The van der Waals surface area contributed by atoms with Crippen LogP contribution in [0.15, 0.2) is 78.8 Å². The van der Waals surface area contributed by atoms with Crippen LogP contribution in [0.1, 0.15) is 22.9 Å². The first-order valence-corrected chi connectivity index (χ1v) is 9.33. The Labute approximate surface area is 173 Å². The summed E-state index contributed by atoms with van der Waals surface area (Å²) in [5.74, 6) is -1.07. The van der Waals surface area contributed by atoms with Gasteiger partial charge >= 0.3 is 0 Å². The summed E-state index contributed by atoms with van der Waals surface area (Å²) in [7, 11) is 1.54. The molecule has 150 valence electrons. The van der Waals surface area contributed by atoms with Gasteiger partial charge in [0, 0.05) is 30.7 Å². The van der Waals surface area contributed by atoms with Crippen molar-refractivity contribution in [2.75, 3.05) is 7.11 Å². The fourth-order valence-corrected chi connectivity index (χ4v) is 3.48. The minimum Gasteiger partial charge on any atom is -0.507 e. The average Bonchev–Trinajstić information content (AvgIpc) is 3.05. The number of hydrogen-bond acceptors (Lipinski definition) is 6. The Kier molecular flexibility index (Phi) is 5.26. The van der Waals surface area contributed by atoms with Crippen LogP contribution in [0.5, 0.6) is 5.75 Å². The lowest BCUT2D eigenvalue weighted by Gasteiger charge is -2.24. The van der Waals surface area contributed by atoms with Gasteiger partial charge in [-0.25, -0.2) is 0 Å². The molecular weight excluding hydrogens is 382 g/mol. The van der Waals surface area contributed by atoms with Gasteiger partial charge in [0.15, 0.2) is 0 Å². The van der Waals surface area contributed by atoms with E-state index in [1.807, 2.05) is 6.07 Å². The van der Waals surface area contributed by atoms with E-state index in [1.165, 1.54) is 4.90 Å². The SMILES string of the molecule is COc1ccc(C(O)=C2C(=O)C(=O)N(Cc3cccnc3)[C@@H]2c2ccccn2)cc1. The summed E-state index contributed by atoms with van der Waals surface area (Å²) < 4.78 is 5.14. The van der Waals surface area contributed by atoms with Gasteiger partial charge in [-0.3, -0.25) is 19.6 Å². The maximum Gasteiger partial charge on any atom is 0.296 e. The summed E-state index contributed by atoms with van der Waals surface area (Å²) in [6, 6.07) is 14.7. The van der Waals surface area contributed by atoms with E-state index in [0.29, 0.717) is 17.0 Å². The third-order valence-electron chi connectivity index (χ3n) is 4.95. The van der Waals surface area contributed by atoms with Gasteiger partial charge < -0.3 is 14.7 Å². The lowest BCUT2D eigenvalue weighted by atomic mass is 9.98. The van der Waals surface area contributed by atoms with Crippen molar-refractivity contribution in [3.05, 3.63) is 95.6 Å². The van der Waals surface area contributed by atoms with Gasteiger partial charge in [-0.2, -0.15) is 0 Å². The Morgan fingerprint density at radius 2 is 1.87 bits per heavy atom. The second kappa shape index (κ2) is 8.16. The molecule has 4 rings (SSSR count). The second-order valence-corrected chi connectivity index (χ2v) is 6.77. The molecule has 1 saturated heterocycles. The number of pyridine rings is 2. The van der Waals surface area contributed by atoms with Crippen LogP contribution in [0.25, 0.3) is 5.76 Å². The van der Waals surface area contributed by atoms with E-state index >= 15 is 0 Å². The van der Waals surface area contributed by atoms with E-state index in [4.69, 9.17) is 4.74 Å². The minimum atomic E-state index is -0.812. The van der Waals surface area contributed by atoms with E-state index in [1.54, 1.807) is 74.2 Å². The number of aliphatic hydroxyl groups excluding tert-OH is 1. The molecule has 3 heterocycles. The van der Waals surface area contributed by atoms with E-state index in [0.717, 1.165) is 5.56 Å². The van der Waals surface area contributed by atoms with Crippen molar-refractivity contribution < 1.29 is 19.4 Å². The summed E-state index contributed by atoms with van der Waals surface area (Å²) in [4.78, 5) is 35.7.